The number of halogens is 1. The van der Waals surface area contributed by atoms with Gasteiger partial charge in [0.2, 0.25) is 11.8 Å². The summed E-state index contributed by atoms with van der Waals surface area (Å²) < 4.78 is 7.07. The molecule has 20 heavy (non-hydrogen) atoms. The summed E-state index contributed by atoms with van der Waals surface area (Å²) in [5.74, 6) is 0.780. The van der Waals surface area contributed by atoms with Gasteiger partial charge in [0.05, 0.1) is 31.0 Å². The summed E-state index contributed by atoms with van der Waals surface area (Å²) in [5.41, 5.74) is 1.94. The van der Waals surface area contributed by atoms with E-state index in [-0.39, 0.29) is 24.4 Å². The number of rotatable bonds is 5. The zero-order chi connectivity index (χ0) is 13.8. The molecule has 2 N–H and O–H groups in total. The van der Waals surface area contributed by atoms with Gasteiger partial charge in [-0.25, -0.2) is 4.68 Å². The Labute approximate surface area is 125 Å². The minimum absolute atomic E-state index is 0. The lowest BCUT2D eigenvalue weighted by molar-refractivity contribution is -0.122. The fraction of sp³-hybridized carbons (Fsp3) is 0.692. The van der Waals surface area contributed by atoms with Crippen molar-refractivity contribution in [1.29, 1.82) is 0 Å². The third-order valence-corrected chi connectivity index (χ3v) is 3.52. The monoisotopic (exact) mass is 302 g/mol. The van der Waals surface area contributed by atoms with Gasteiger partial charge in [0.25, 0.3) is 0 Å². The number of carbonyl (C=O) groups is 1. The Morgan fingerprint density at radius 2 is 2.35 bits per heavy atom. The van der Waals surface area contributed by atoms with E-state index >= 15 is 0 Å². The van der Waals surface area contributed by atoms with Crippen LogP contribution < -0.4 is 15.4 Å². The van der Waals surface area contributed by atoms with Crippen LogP contribution >= 0.6 is 12.4 Å². The summed E-state index contributed by atoms with van der Waals surface area (Å²) in [6.07, 6.45) is 2.80. The lowest BCUT2D eigenvalue weighted by Crippen LogP contribution is -2.40. The van der Waals surface area contributed by atoms with E-state index in [1.807, 2.05) is 14.0 Å². The normalized spacial score (nSPS) is 17.6. The topological polar surface area (TPSA) is 68.2 Å². The van der Waals surface area contributed by atoms with Gasteiger partial charge in [0.15, 0.2) is 0 Å². The van der Waals surface area contributed by atoms with Crippen molar-refractivity contribution in [3.63, 3.8) is 0 Å². The quantitative estimate of drug-likeness (QED) is 0.843. The molecule has 0 saturated carbocycles. The molecular formula is C13H23ClN4O2. The molecule has 0 aliphatic carbocycles. The van der Waals surface area contributed by atoms with Gasteiger partial charge in [-0.05, 0) is 25.8 Å². The molecule has 1 unspecified atom stereocenters. The Morgan fingerprint density at radius 3 is 2.90 bits per heavy atom. The maximum Gasteiger partial charge on any atom is 0.237 e. The summed E-state index contributed by atoms with van der Waals surface area (Å²) >= 11 is 0. The maximum atomic E-state index is 12.0. The molecule has 1 saturated heterocycles. The van der Waals surface area contributed by atoms with E-state index in [9.17, 15) is 4.79 Å². The second kappa shape index (κ2) is 7.50. The molecule has 1 aliphatic rings. The van der Waals surface area contributed by atoms with Gasteiger partial charge in [-0.15, -0.1) is 12.4 Å². The van der Waals surface area contributed by atoms with Crippen LogP contribution in [-0.4, -0.2) is 35.4 Å². The maximum absolute atomic E-state index is 12.0. The van der Waals surface area contributed by atoms with E-state index in [4.69, 9.17) is 4.74 Å². The van der Waals surface area contributed by atoms with Crippen molar-refractivity contribution in [3.05, 3.63) is 11.3 Å². The molecule has 1 aliphatic heterocycles. The van der Waals surface area contributed by atoms with E-state index in [1.165, 1.54) is 0 Å². The van der Waals surface area contributed by atoms with E-state index in [0.717, 1.165) is 42.9 Å². The molecule has 0 radical (unpaired) electrons. The minimum atomic E-state index is -0.0484. The van der Waals surface area contributed by atoms with Crippen LogP contribution in [0.25, 0.3) is 0 Å². The molecule has 0 aromatic carbocycles. The third kappa shape index (κ3) is 3.43. The highest BCUT2D eigenvalue weighted by molar-refractivity contribution is 5.85. The van der Waals surface area contributed by atoms with Crippen molar-refractivity contribution in [2.75, 3.05) is 13.7 Å². The first-order valence-corrected chi connectivity index (χ1v) is 6.77. The van der Waals surface area contributed by atoms with Crippen molar-refractivity contribution in [2.24, 2.45) is 7.05 Å². The molecule has 1 aromatic heterocycles. The van der Waals surface area contributed by atoms with Crippen LogP contribution in [0.3, 0.4) is 0 Å². The average Bonchev–Trinajstić information content (AvgIpc) is 3.03. The molecule has 0 bridgehead atoms. The number of hydrogen-bond acceptors (Lipinski definition) is 4. The highest BCUT2D eigenvalue weighted by atomic mass is 35.5. The fourth-order valence-electron chi connectivity index (χ4n) is 2.53. The van der Waals surface area contributed by atoms with Crippen molar-refractivity contribution in [1.82, 2.24) is 20.4 Å². The number of aryl methyl sites for hydroxylation is 2. The van der Waals surface area contributed by atoms with Gasteiger partial charge < -0.3 is 15.4 Å². The molecule has 2 rings (SSSR count). The van der Waals surface area contributed by atoms with Crippen LogP contribution in [0.5, 0.6) is 5.88 Å². The zero-order valence-electron chi connectivity index (χ0n) is 12.2. The van der Waals surface area contributed by atoms with Crippen LogP contribution in [0.15, 0.2) is 0 Å². The zero-order valence-corrected chi connectivity index (χ0v) is 13.0. The lowest BCUT2D eigenvalue weighted by Gasteiger charge is -2.11. The molecular weight excluding hydrogens is 280 g/mol. The molecule has 1 amide bonds. The number of hydrogen-bond donors (Lipinski definition) is 2. The molecule has 1 aromatic rings. The van der Waals surface area contributed by atoms with Crippen molar-refractivity contribution in [3.8, 4) is 5.88 Å². The predicted octanol–water partition coefficient (Wildman–Crippen LogP) is 0.781. The molecule has 6 nitrogen and oxygen atoms in total. The Bertz CT molecular complexity index is 455. The van der Waals surface area contributed by atoms with Crippen molar-refractivity contribution in [2.45, 2.75) is 38.8 Å². The van der Waals surface area contributed by atoms with Crippen LogP contribution in [-0.2, 0) is 24.8 Å². The smallest absolute Gasteiger partial charge is 0.237 e. The number of nitrogens with zero attached hydrogens (tertiary/aromatic N) is 2. The molecule has 7 heteroatoms. The Morgan fingerprint density at radius 1 is 1.60 bits per heavy atom. The lowest BCUT2D eigenvalue weighted by atomic mass is 10.2. The van der Waals surface area contributed by atoms with Gasteiger partial charge in [-0.3, -0.25) is 4.79 Å². The van der Waals surface area contributed by atoms with Gasteiger partial charge >= 0.3 is 0 Å². The number of ether oxygens (including phenoxy) is 1. The first-order valence-electron chi connectivity index (χ1n) is 6.77. The summed E-state index contributed by atoms with van der Waals surface area (Å²) in [5, 5.41) is 10.6. The van der Waals surface area contributed by atoms with Gasteiger partial charge in [-0.1, -0.05) is 6.92 Å². The van der Waals surface area contributed by atoms with Crippen LogP contribution in [0, 0.1) is 0 Å². The highest BCUT2D eigenvalue weighted by Gasteiger charge is 2.23. The minimum Gasteiger partial charge on any atom is -0.481 e. The standard InChI is InChI=1S/C13H22N4O2.ClH/c1-4-10-9(13(19-3)17(2)16-10)8-15-12(18)11-6-5-7-14-11;/h11,14H,4-8H2,1-3H3,(H,15,18);1H. The summed E-state index contributed by atoms with van der Waals surface area (Å²) in [6.45, 7) is 3.44. The Balaban J connectivity index is 0.00000200. The molecule has 2 heterocycles. The molecule has 1 atom stereocenters. The molecule has 1 fully saturated rings. The average molecular weight is 303 g/mol. The van der Waals surface area contributed by atoms with Crippen LogP contribution in [0.2, 0.25) is 0 Å². The predicted molar refractivity (Wildman–Crippen MR) is 79.3 cm³/mol. The largest absolute Gasteiger partial charge is 0.481 e. The molecule has 0 spiro atoms. The SMILES string of the molecule is CCc1nn(C)c(OC)c1CNC(=O)C1CCCN1.Cl. The van der Waals surface area contributed by atoms with Crippen molar-refractivity contribution >= 4 is 18.3 Å². The Kier molecular flexibility index (Phi) is 6.29. The number of aromatic nitrogens is 2. The number of amides is 1. The van der Waals surface area contributed by atoms with Crippen molar-refractivity contribution < 1.29 is 9.53 Å². The number of nitrogens with one attached hydrogen (secondary N) is 2. The third-order valence-electron chi connectivity index (χ3n) is 3.52. The van der Waals surface area contributed by atoms with E-state index < -0.39 is 0 Å². The fourth-order valence-corrected chi connectivity index (χ4v) is 2.53. The van der Waals surface area contributed by atoms with Gasteiger partial charge in [0, 0.05) is 7.05 Å². The number of carbonyl (C=O) groups excluding carboxylic acids is 1. The first kappa shape index (κ1) is 16.8. The first-order chi connectivity index (χ1) is 9.17. The van der Waals surface area contributed by atoms with E-state index in [0.29, 0.717) is 6.54 Å². The summed E-state index contributed by atoms with van der Waals surface area (Å²) in [6, 6.07) is -0.0484. The Hall–Kier alpha value is -1.27. The van der Waals surface area contributed by atoms with Crippen LogP contribution in [0.1, 0.15) is 31.0 Å². The second-order valence-corrected chi connectivity index (χ2v) is 4.78. The van der Waals surface area contributed by atoms with Gasteiger partial charge in [0.1, 0.15) is 0 Å². The van der Waals surface area contributed by atoms with Crippen LogP contribution in [0.4, 0.5) is 0 Å². The number of methoxy groups -OCH3 is 1. The van der Waals surface area contributed by atoms with Gasteiger partial charge in [-0.2, -0.15) is 5.10 Å². The summed E-state index contributed by atoms with van der Waals surface area (Å²) in [7, 11) is 3.47. The summed E-state index contributed by atoms with van der Waals surface area (Å²) in [4.78, 5) is 12.0. The highest BCUT2D eigenvalue weighted by Crippen LogP contribution is 2.21. The second-order valence-electron chi connectivity index (χ2n) is 4.78. The van der Waals surface area contributed by atoms with E-state index in [1.54, 1.807) is 11.8 Å². The molecule has 114 valence electrons. The van der Waals surface area contributed by atoms with E-state index in [2.05, 4.69) is 15.7 Å².